The third kappa shape index (κ3) is 3.67. The summed E-state index contributed by atoms with van der Waals surface area (Å²) in [4.78, 5) is 39.4. The number of hydrogen-bond donors (Lipinski definition) is 1. The van der Waals surface area contributed by atoms with Crippen LogP contribution in [0.2, 0.25) is 0 Å². The van der Waals surface area contributed by atoms with Crippen LogP contribution in [0.1, 0.15) is 58.8 Å². The molecule has 1 saturated heterocycles. The molecule has 1 N–H and O–H groups in total. The Morgan fingerprint density at radius 1 is 1.33 bits per heavy atom. The second-order valence-corrected chi connectivity index (χ2v) is 5.79. The second kappa shape index (κ2) is 7.61. The first-order chi connectivity index (χ1) is 11.4. The molecule has 0 aromatic carbocycles. The Balaban J connectivity index is 2.12. The highest BCUT2D eigenvalue weighted by atomic mass is 16.6. The first-order valence-electron chi connectivity index (χ1n) is 8.09. The number of aromatic nitrogens is 1. The lowest BCUT2D eigenvalue weighted by atomic mass is 10.1. The lowest BCUT2D eigenvalue weighted by Gasteiger charge is -2.15. The highest BCUT2D eigenvalue weighted by molar-refractivity contribution is 6.04. The number of rotatable bonds is 6. The fourth-order valence-corrected chi connectivity index (χ4v) is 2.78. The summed E-state index contributed by atoms with van der Waals surface area (Å²) in [6, 6.07) is 0. The first-order valence-corrected chi connectivity index (χ1v) is 8.09. The summed E-state index contributed by atoms with van der Waals surface area (Å²) in [5, 5.41) is 0. The van der Waals surface area contributed by atoms with Gasteiger partial charge < -0.3 is 19.2 Å². The van der Waals surface area contributed by atoms with E-state index in [1.165, 1.54) is 6.92 Å². The SMILES string of the molecule is CCOC(=O)c1c(C)[nH]c(C(=O)[C@H](C)OC(=O)[C@H]2CCCO2)c1C. The number of aromatic amines is 1. The van der Waals surface area contributed by atoms with E-state index in [-0.39, 0.29) is 12.3 Å². The minimum absolute atomic E-state index is 0.252. The lowest BCUT2D eigenvalue weighted by molar-refractivity contribution is -0.156. The van der Waals surface area contributed by atoms with Crippen molar-refractivity contribution in [3.05, 3.63) is 22.5 Å². The number of H-pyrrole nitrogens is 1. The molecule has 7 nitrogen and oxygen atoms in total. The van der Waals surface area contributed by atoms with Crippen LogP contribution in [0.15, 0.2) is 0 Å². The quantitative estimate of drug-likeness (QED) is 0.631. The van der Waals surface area contributed by atoms with Gasteiger partial charge in [-0.2, -0.15) is 0 Å². The Labute approximate surface area is 140 Å². The Bertz CT molecular complexity index is 642. The lowest BCUT2D eigenvalue weighted by Crippen LogP contribution is -2.31. The van der Waals surface area contributed by atoms with Crippen molar-refractivity contribution in [1.82, 2.24) is 4.98 Å². The summed E-state index contributed by atoms with van der Waals surface area (Å²) in [7, 11) is 0. The molecule has 7 heteroatoms. The number of Topliss-reactive ketones (excluding diaryl/α,β-unsaturated/α-hetero) is 1. The smallest absolute Gasteiger partial charge is 0.340 e. The van der Waals surface area contributed by atoms with Crippen molar-refractivity contribution in [3.8, 4) is 0 Å². The highest BCUT2D eigenvalue weighted by Gasteiger charge is 2.31. The molecule has 0 spiro atoms. The largest absolute Gasteiger partial charge is 0.462 e. The van der Waals surface area contributed by atoms with Gasteiger partial charge in [0.2, 0.25) is 5.78 Å². The number of ether oxygens (including phenoxy) is 3. The van der Waals surface area contributed by atoms with Crippen molar-refractivity contribution in [2.24, 2.45) is 0 Å². The zero-order valence-corrected chi connectivity index (χ0v) is 14.4. The molecule has 24 heavy (non-hydrogen) atoms. The van der Waals surface area contributed by atoms with Gasteiger partial charge in [-0.25, -0.2) is 9.59 Å². The Morgan fingerprint density at radius 2 is 2.04 bits per heavy atom. The van der Waals surface area contributed by atoms with E-state index < -0.39 is 29.9 Å². The molecule has 1 aliphatic rings. The van der Waals surface area contributed by atoms with E-state index in [1.54, 1.807) is 20.8 Å². The Kier molecular flexibility index (Phi) is 5.77. The van der Waals surface area contributed by atoms with Crippen LogP contribution in [0.4, 0.5) is 0 Å². The van der Waals surface area contributed by atoms with Crippen molar-refractivity contribution in [2.45, 2.75) is 52.7 Å². The third-order valence-corrected chi connectivity index (χ3v) is 4.02. The van der Waals surface area contributed by atoms with E-state index in [1.807, 2.05) is 0 Å². The van der Waals surface area contributed by atoms with Crippen LogP contribution in [0.25, 0.3) is 0 Å². The topological polar surface area (TPSA) is 94.7 Å². The molecule has 0 aliphatic carbocycles. The molecule has 2 rings (SSSR count). The molecule has 0 radical (unpaired) electrons. The first kappa shape index (κ1) is 18.2. The normalized spacial score (nSPS) is 18.2. The van der Waals surface area contributed by atoms with Gasteiger partial charge >= 0.3 is 11.9 Å². The van der Waals surface area contributed by atoms with Gasteiger partial charge in [0.15, 0.2) is 12.2 Å². The number of aryl methyl sites for hydroxylation is 1. The molecule has 1 aromatic rings. The van der Waals surface area contributed by atoms with Gasteiger partial charge in [0.05, 0.1) is 17.9 Å². The summed E-state index contributed by atoms with van der Waals surface area (Å²) < 4.78 is 15.5. The molecular weight excluding hydrogens is 314 g/mol. The standard InChI is InChI=1S/C17H23NO6/c1-5-22-17(21)13-9(2)14(18-10(13)3)15(19)11(4)24-16(20)12-7-6-8-23-12/h11-12,18H,5-8H2,1-4H3/t11-,12+/m0/s1. The van der Waals surface area contributed by atoms with E-state index in [0.717, 1.165) is 6.42 Å². The molecule has 1 aromatic heterocycles. The summed E-state index contributed by atoms with van der Waals surface area (Å²) in [6.45, 7) is 7.36. The molecular formula is C17H23NO6. The maximum absolute atomic E-state index is 12.6. The minimum Gasteiger partial charge on any atom is -0.462 e. The minimum atomic E-state index is -0.964. The zero-order valence-electron chi connectivity index (χ0n) is 14.4. The maximum Gasteiger partial charge on any atom is 0.340 e. The van der Waals surface area contributed by atoms with Gasteiger partial charge in [0, 0.05) is 12.3 Å². The average molecular weight is 337 g/mol. The van der Waals surface area contributed by atoms with Crippen LogP contribution < -0.4 is 0 Å². The van der Waals surface area contributed by atoms with E-state index in [9.17, 15) is 14.4 Å². The van der Waals surface area contributed by atoms with Crippen LogP contribution in [0.5, 0.6) is 0 Å². The maximum atomic E-state index is 12.6. The number of ketones is 1. The Morgan fingerprint density at radius 3 is 2.62 bits per heavy atom. The number of hydrogen-bond acceptors (Lipinski definition) is 6. The van der Waals surface area contributed by atoms with Gasteiger partial charge in [0.1, 0.15) is 0 Å². The average Bonchev–Trinajstić information content (AvgIpc) is 3.15. The fraction of sp³-hybridized carbons (Fsp3) is 0.588. The molecule has 2 atom stereocenters. The van der Waals surface area contributed by atoms with Gasteiger partial charge in [-0.1, -0.05) is 0 Å². The molecule has 0 unspecified atom stereocenters. The number of esters is 2. The van der Waals surface area contributed by atoms with Crippen molar-refractivity contribution in [3.63, 3.8) is 0 Å². The highest BCUT2D eigenvalue weighted by Crippen LogP contribution is 2.22. The molecule has 132 valence electrons. The van der Waals surface area contributed by atoms with E-state index in [4.69, 9.17) is 14.2 Å². The summed E-state index contributed by atoms with van der Waals surface area (Å²) in [5.41, 5.74) is 1.64. The fourth-order valence-electron chi connectivity index (χ4n) is 2.78. The van der Waals surface area contributed by atoms with Crippen molar-refractivity contribution in [2.75, 3.05) is 13.2 Å². The third-order valence-electron chi connectivity index (χ3n) is 4.02. The Hall–Kier alpha value is -2.15. The van der Waals surface area contributed by atoms with Crippen LogP contribution in [0, 0.1) is 13.8 Å². The zero-order chi connectivity index (χ0) is 17.9. The van der Waals surface area contributed by atoms with E-state index >= 15 is 0 Å². The second-order valence-electron chi connectivity index (χ2n) is 5.79. The number of nitrogens with one attached hydrogen (secondary N) is 1. The molecule has 0 amide bonds. The predicted molar refractivity (Wildman–Crippen MR) is 85.1 cm³/mol. The summed E-state index contributed by atoms with van der Waals surface area (Å²) in [5.74, 6) is -1.40. The van der Waals surface area contributed by atoms with Crippen LogP contribution in [-0.4, -0.2) is 48.1 Å². The number of carbonyl (C=O) groups excluding carboxylic acids is 3. The van der Waals surface area contributed by atoms with Gasteiger partial charge in [0.25, 0.3) is 0 Å². The van der Waals surface area contributed by atoms with Crippen LogP contribution >= 0.6 is 0 Å². The molecule has 1 aliphatic heterocycles. The molecule has 2 heterocycles. The predicted octanol–water partition coefficient (Wildman–Crippen LogP) is 2.10. The monoisotopic (exact) mass is 337 g/mol. The molecule has 0 saturated carbocycles. The van der Waals surface area contributed by atoms with Crippen molar-refractivity contribution >= 4 is 17.7 Å². The summed E-state index contributed by atoms with van der Waals surface area (Å²) >= 11 is 0. The van der Waals surface area contributed by atoms with E-state index in [2.05, 4.69) is 4.98 Å². The summed E-state index contributed by atoms with van der Waals surface area (Å²) in [6.07, 6.45) is -0.150. The van der Waals surface area contributed by atoms with Gasteiger partial charge in [-0.3, -0.25) is 4.79 Å². The van der Waals surface area contributed by atoms with E-state index in [0.29, 0.717) is 29.8 Å². The molecule has 1 fully saturated rings. The number of carbonyl (C=O) groups is 3. The molecule has 0 bridgehead atoms. The van der Waals surface area contributed by atoms with Gasteiger partial charge in [-0.05, 0) is 46.1 Å². The van der Waals surface area contributed by atoms with Gasteiger partial charge in [-0.15, -0.1) is 0 Å². The van der Waals surface area contributed by atoms with Crippen LogP contribution in [-0.2, 0) is 19.0 Å². The van der Waals surface area contributed by atoms with Crippen molar-refractivity contribution < 1.29 is 28.6 Å². The van der Waals surface area contributed by atoms with Crippen molar-refractivity contribution in [1.29, 1.82) is 0 Å². The van der Waals surface area contributed by atoms with Crippen LogP contribution in [0.3, 0.4) is 0 Å².